The third-order valence-electron chi connectivity index (χ3n) is 2.77. The van der Waals surface area contributed by atoms with Gasteiger partial charge >= 0.3 is 0 Å². The summed E-state index contributed by atoms with van der Waals surface area (Å²) < 4.78 is 10.9. The first-order valence-electron chi connectivity index (χ1n) is 6.37. The van der Waals surface area contributed by atoms with E-state index in [1.165, 1.54) is 0 Å². The fraction of sp³-hybridized carbons (Fsp3) is 0.917. The van der Waals surface area contributed by atoms with Crippen molar-refractivity contribution in [1.82, 2.24) is 10.2 Å². The second-order valence-corrected chi connectivity index (χ2v) is 4.32. The normalized spacial score (nSPS) is 20.1. The maximum absolute atomic E-state index is 12.0. The van der Waals surface area contributed by atoms with Crippen molar-refractivity contribution in [3.63, 3.8) is 0 Å². The van der Waals surface area contributed by atoms with Crippen molar-refractivity contribution in [3.8, 4) is 0 Å². The molecule has 5 heteroatoms. The number of nitrogens with zero attached hydrogens (tertiary/aromatic N) is 1. The molecule has 1 rings (SSSR count). The third-order valence-corrected chi connectivity index (χ3v) is 2.77. The van der Waals surface area contributed by atoms with Crippen LogP contribution in [-0.4, -0.2) is 62.4 Å². The Morgan fingerprint density at radius 3 is 2.59 bits per heavy atom. The number of ether oxygens (including phenoxy) is 2. The van der Waals surface area contributed by atoms with Crippen molar-refractivity contribution in [2.75, 3.05) is 39.4 Å². The number of hydrogen-bond acceptors (Lipinski definition) is 4. The van der Waals surface area contributed by atoms with Crippen molar-refractivity contribution >= 4 is 5.91 Å². The van der Waals surface area contributed by atoms with E-state index in [1.54, 1.807) is 0 Å². The fourth-order valence-electron chi connectivity index (χ4n) is 1.87. The van der Waals surface area contributed by atoms with Crippen LogP contribution in [0.3, 0.4) is 0 Å². The number of carbonyl (C=O) groups is 1. The molecule has 5 nitrogen and oxygen atoms in total. The summed E-state index contributed by atoms with van der Waals surface area (Å²) in [7, 11) is 0. The molecule has 1 aliphatic rings. The van der Waals surface area contributed by atoms with Gasteiger partial charge in [0.25, 0.3) is 5.91 Å². The van der Waals surface area contributed by atoms with Crippen LogP contribution in [0, 0.1) is 0 Å². The summed E-state index contributed by atoms with van der Waals surface area (Å²) in [5, 5.41) is 3.22. The topological polar surface area (TPSA) is 50.8 Å². The van der Waals surface area contributed by atoms with Crippen LogP contribution in [-0.2, 0) is 14.3 Å². The van der Waals surface area contributed by atoms with Gasteiger partial charge in [-0.1, -0.05) is 0 Å². The van der Waals surface area contributed by atoms with Gasteiger partial charge in [-0.2, -0.15) is 0 Å². The van der Waals surface area contributed by atoms with Crippen LogP contribution in [0.4, 0.5) is 0 Å². The molecule has 0 radical (unpaired) electrons. The van der Waals surface area contributed by atoms with Crippen molar-refractivity contribution in [1.29, 1.82) is 0 Å². The predicted octanol–water partition coefficient (Wildman–Crippen LogP) is 0.248. The Hall–Kier alpha value is -0.650. The van der Waals surface area contributed by atoms with Gasteiger partial charge < -0.3 is 19.7 Å². The first-order chi connectivity index (χ1) is 8.15. The summed E-state index contributed by atoms with van der Waals surface area (Å²) in [6.07, 6.45) is -0.430. The van der Waals surface area contributed by atoms with Crippen LogP contribution in [0.25, 0.3) is 0 Å². The summed E-state index contributed by atoms with van der Waals surface area (Å²) in [5.41, 5.74) is 0. The van der Waals surface area contributed by atoms with E-state index in [9.17, 15) is 4.79 Å². The number of piperazine rings is 1. The zero-order valence-electron chi connectivity index (χ0n) is 11.1. The molecule has 0 aromatic carbocycles. The average molecular weight is 244 g/mol. The Labute approximate surface area is 103 Å². The number of carbonyl (C=O) groups excluding carboxylic acids is 1. The first-order valence-corrected chi connectivity index (χ1v) is 6.37. The van der Waals surface area contributed by atoms with Gasteiger partial charge in [0.1, 0.15) is 6.10 Å². The minimum absolute atomic E-state index is 0.0446. The summed E-state index contributed by atoms with van der Waals surface area (Å²) in [6.45, 7) is 10.2. The van der Waals surface area contributed by atoms with Gasteiger partial charge in [-0.15, -0.1) is 0 Å². The van der Waals surface area contributed by atoms with Crippen LogP contribution in [0.5, 0.6) is 0 Å². The highest BCUT2D eigenvalue weighted by atomic mass is 16.5. The van der Waals surface area contributed by atoms with Gasteiger partial charge in [0.2, 0.25) is 0 Å². The molecule has 100 valence electrons. The Morgan fingerprint density at radius 2 is 2.00 bits per heavy atom. The second-order valence-electron chi connectivity index (χ2n) is 4.32. The summed E-state index contributed by atoms with van der Waals surface area (Å²) in [4.78, 5) is 13.9. The van der Waals surface area contributed by atoms with E-state index in [0.29, 0.717) is 13.2 Å². The van der Waals surface area contributed by atoms with Crippen molar-refractivity contribution < 1.29 is 14.3 Å². The quantitative estimate of drug-likeness (QED) is 0.727. The highest BCUT2D eigenvalue weighted by Gasteiger charge is 2.23. The molecule has 1 amide bonds. The zero-order chi connectivity index (χ0) is 12.7. The molecule has 2 atom stereocenters. The van der Waals surface area contributed by atoms with Crippen LogP contribution in [0.1, 0.15) is 20.8 Å². The molecule has 1 heterocycles. The highest BCUT2D eigenvalue weighted by molar-refractivity contribution is 5.80. The van der Waals surface area contributed by atoms with E-state index in [4.69, 9.17) is 9.47 Å². The van der Waals surface area contributed by atoms with E-state index in [-0.39, 0.29) is 18.1 Å². The van der Waals surface area contributed by atoms with Crippen LogP contribution in [0.15, 0.2) is 0 Å². The van der Waals surface area contributed by atoms with Crippen molar-refractivity contribution in [2.45, 2.75) is 33.0 Å². The average Bonchev–Trinajstić information content (AvgIpc) is 2.36. The van der Waals surface area contributed by atoms with E-state index in [1.807, 2.05) is 25.7 Å². The molecule has 1 N–H and O–H groups in total. The number of rotatable bonds is 6. The Bertz CT molecular complexity index is 230. The fourth-order valence-corrected chi connectivity index (χ4v) is 1.87. The largest absolute Gasteiger partial charge is 0.379 e. The summed E-state index contributed by atoms with van der Waals surface area (Å²) in [6, 6.07) is 0. The number of hydrogen-bond donors (Lipinski definition) is 1. The molecular formula is C12H24N2O3. The Kier molecular flexibility index (Phi) is 6.47. The van der Waals surface area contributed by atoms with Crippen LogP contribution in [0.2, 0.25) is 0 Å². The highest BCUT2D eigenvalue weighted by Crippen LogP contribution is 2.05. The van der Waals surface area contributed by atoms with Crippen molar-refractivity contribution in [3.05, 3.63) is 0 Å². The maximum Gasteiger partial charge on any atom is 0.251 e. The number of amides is 1. The molecule has 1 fully saturated rings. The second kappa shape index (κ2) is 7.63. The molecule has 1 saturated heterocycles. The van der Waals surface area contributed by atoms with E-state index < -0.39 is 0 Å². The van der Waals surface area contributed by atoms with Crippen LogP contribution >= 0.6 is 0 Å². The SMILES string of the molecule is CCOCC(C)OC(C)C(=O)N1CCNCC1. The molecule has 0 saturated carbocycles. The smallest absolute Gasteiger partial charge is 0.251 e. The summed E-state index contributed by atoms with van der Waals surface area (Å²) in [5.74, 6) is 0.0786. The Balaban J connectivity index is 2.29. The predicted molar refractivity (Wildman–Crippen MR) is 66.0 cm³/mol. The Morgan fingerprint density at radius 1 is 1.35 bits per heavy atom. The standard InChI is InChI=1S/C12H24N2O3/c1-4-16-9-10(2)17-11(3)12(15)14-7-5-13-6-8-14/h10-11,13H,4-9H2,1-3H3. The molecule has 2 unspecified atom stereocenters. The van der Waals surface area contributed by atoms with Gasteiger partial charge in [0, 0.05) is 32.8 Å². The minimum Gasteiger partial charge on any atom is -0.379 e. The van der Waals surface area contributed by atoms with E-state index in [0.717, 1.165) is 26.2 Å². The lowest BCUT2D eigenvalue weighted by atomic mass is 10.3. The lowest BCUT2D eigenvalue weighted by molar-refractivity contribution is -0.148. The first kappa shape index (κ1) is 14.4. The number of nitrogens with one attached hydrogen (secondary N) is 1. The molecule has 0 aliphatic carbocycles. The minimum atomic E-state index is -0.386. The van der Waals surface area contributed by atoms with Crippen molar-refractivity contribution in [2.24, 2.45) is 0 Å². The van der Waals surface area contributed by atoms with Crippen LogP contribution < -0.4 is 5.32 Å². The molecule has 0 aromatic heterocycles. The molecule has 17 heavy (non-hydrogen) atoms. The van der Waals surface area contributed by atoms with Gasteiger partial charge in [-0.3, -0.25) is 4.79 Å². The molecular weight excluding hydrogens is 220 g/mol. The molecule has 1 aliphatic heterocycles. The van der Waals surface area contributed by atoms with Gasteiger partial charge in [-0.05, 0) is 20.8 Å². The van der Waals surface area contributed by atoms with Gasteiger partial charge in [-0.25, -0.2) is 0 Å². The maximum atomic E-state index is 12.0. The van der Waals surface area contributed by atoms with Gasteiger partial charge in [0.05, 0.1) is 12.7 Å². The lowest BCUT2D eigenvalue weighted by Gasteiger charge is -2.30. The molecule has 0 aromatic rings. The zero-order valence-corrected chi connectivity index (χ0v) is 11.1. The molecule has 0 spiro atoms. The monoisotopic (exact) mass is 244 g/mol. The van der Waals surface area contributed by atoms with E-state index >= 15 is 0 Å². The lowest BCUT2D eigenvalue weighted by Crippen LogP contribution is -2.50. The summed E-state index contributed by atoms with van der Waals surface area (Å²) >= 11 is 0. The molecule has 0 bridgehead atoms. The third kappa shape index (κ3) is 5.02. The van der Waals surface area contributed by atoms with E-state index in [2.05, 4.69) is 5.32 Å². The van der Waals surface area contributed by atoms with Gasteiger partial charge in [0.15, 0.2) is 0 Å².